The van der Waals surface area contributed by atoms with Gasteiger partial charge in [0.15, 0.2) is 5.78 Å². The van der Waals surface area contributed by atoms with Gasteiger partial charge in [-0.3, -0.25) is 9.59 Å². The molecule has 0 N–H and O–H groups in total. The zero-order valence-corrected chi connectivity index (χ0v) is 10.8. The number of ketones is 1. The lowest BCUT2D eigenvalue weighted by molar-refractivity contribution is -0.146. The molecule has 0 saturated carbocycles. The maximum atomic E-state index is 12.1. The van der Waals surface area contributed by atoms with E-state index < -0.39 is 5.60 Å². The molecule has 0 aromatic heterocycles. The second-order valence-electron chi connectivity index (χ2n) is 5.19. The molecule has 1 fully saturated rings. The quantitative estimate of drug-likeness (QED) is 0.557. The van der Waals surface area contributed by atoms with E-state index in [0.29, 0.717) is 0 Å². The van der Waals surface area contributed by atoms with Gasteiger partial charge < -0.3 is 4.74 Å². The lowest BCUT2D eigenvalue weighted by atomic mass is 9.82. The summed E-state index contributed by atoms with van der Waals surface area (Å²) in [4.78, 5) is 23.6. The number of hydrogen-bond acceptors (Lipinski definition) is 3. The van der Waals surface area contributed by atoms with Crippen LogP contribution in [-0.4, -0.2) is 17.4 Å². The number of esters is 1. The van der Waals surface area contributed by atoms with Gasteiger partial charge in [-0.15, -0.1) is 0 Å². The average Bonchev–Trinajstić information content (AvgIpc) is 2.71. The Morgan fingerprint density at radius 3 is 2.65 bits per heavy atom. The van der Waals surface area contributed by atoms with Gasteiger partial charge in [0.2, 0.25) is 0 Å². The molecule has 3 heteroatoms. The predicted octanol–water partition coefficient (Wildman–Crippen LogP) is 2.79. The maximum Gasteiger partial charge on any atom is 0.307 e. The third kappa shape index (κ3) is 1.72. The Labute approximate surface area is 102 Å². The summed E-state index contributed by atoms with van der Waals surface area (Å²) in [6, 6.07) is 0. The van der Waals surface area contributed by atoms with Crippen LogP contribution in [0.5, 0.6) is 0 Å². The minimum absolute atomic E-state index is 0.116. The maximum absolute atomic E-state index is 12.1. The molecule has 0 amide bonds. The van der Waals surface area contributed by atoms with Crippen LogP contribution in [0.1, 0.15) is 52.9 Å². The van der Waals surface area contributed by atoms with Crippen molar-refractivity contribution in [2.45, 2.75) is 58.5 Å². The number of allylic oxidation sites excluding steroid dienone is 1. The van der Waals surface area contributed by atoms with Crippen molar-refractivity contribution < 1.29 is 14.3 Å². The average molecular weight is 236 g/mol. The first-order valence-electron chi connectivity index (χ1n) is 6.47. The van der Waals surface area contributed by atoms with Gasteiger partial charge >= 0.3 is 5.97 Å². The summed E-state index contributed by atoms with van der Waals surface area (Å²) in [5.41, 5.74) is 1.20. The van der Waals surface area contributed by atoms with Crippen molar-refractivity contribution in [2.24, 2.45) is 5.92 Å². The smallest absolute Gasteiger partial charge is 0.307 e. The van der Waals surface area contributed by atoms with Crippen LogP contribution in [0.25, 0.3) is 0 Å². The van der Waals surface area contributed by atoms with E-state index in [1.54, 1.807) is 0 Å². The highest BCUT2D eigenvalue weighted by molar-refractivity contribution is 6.05. The second-order valence-corrected chi connectivity index (χ2v) is 5.19. The van der Waals surface area contributed by atoms with Gasteiger partial charge in [-0.05, 0) is 37.8 Å². The normalized spacial score (nSPS) is 32.1. The molecule has 2 atom stereocenters. The lowest BCUT2D eigenvalue weighted by Crippen LogP contribution is -2.35. The number of ether oxygens (including phenoxy) is 1. The summed E-state index contributed by atoms with van der Waals surface area (Å²) in [5.74, 6) is -0.344. The van der Waals surface area contributed by atoms with Crippen LogP contribution in [0.15, 0.2) is 11.1 Å². The number of carbonyl (C=O) groups is 2. The van der Waals surface area contributed by atoms with Crippen molar-refractivity contribution in [3.8, 4) is 0 Å². The molecule has 3 nitrogen and oxygen atoms in total. The molecule has 1 aliphatic carbocycles. The SMILES string of the molecule is CCCCCC12OC(=O)CC1C(=O)C(C)=C2C. The molecular formula is C14H20O3. The number of fused-ring (bicyclic) bond motifs is 1. The van der Waals surface area contributed by atoms with Gasteiger partial charge in [-0.1, -0.05) is 19.8 Å². The fraction of sp³-hybridized carbons (Fsp3) is 0.714. The Morgan fingerprint density at radius 1 is 1.29 bits per heavy atom. The number of unbranched alkanes of at least 4 members (excludes halogenated alkanes) is 2. The van der Waals surface area contributed by atoms with Crippen molar-refractivity contribution in [3.63, 3.8) is 0 Å². The van der Waals surface area contributed by atoms with Gasteiger partial charge in [-0.2, -0.15) is 0 Å². The summed E-state index contributed by atoms with van der Waals surface area (Å²) in [6.07, 6.45) is 4.32. The Hall–Kier alpha value is -1.12. The van der Waals surface area contributed by atoms with Crippen molar-refractivity contribution in [1.82, 2.24) is 0 Å². The molecule has 0 aromatic carbocycles. The molecule has 0 spiro atoms. The molecular weight excluding hydrogens is 216 g/mol. The van der Waals surface area contributed by atoms with Crippen molar-refractivity contribution in [2.75, 3.05) is 0 Å². The van der Waals surface area contributed by atoms with E-state index >= 15 is 0 Å². The van der Waals surface area contributed by atoms with E-state index in [1.165, 1.54) is 0 Å². The van der Waals surface area contributed by atoms with Crippen LogP contribution in [-0.2, 0) is 14.3 Å². The molecule has 0 radical (unpaired) electrons. The monoisotopic (exact) mass is 236 g/mol. The van der Waals surface area contributed by atoms with Crippen molar-refractivity contribution in [1.29, 1.82) is 0 Å². The largest absolute Gasteiger partial charge is 0.454 e. The van der Waals surface area contributed by atoms with Gasteiger partial charge in [0.25, 0.3) is 0 Å². The second kappa shape index (κ2) is 4.28. The molecule has 1 saturated heterocycles. The molecule has 94 valence electrons. The van der Waals surface area contributed by atoms with Crippen LogP contribution >= 0.6 is 0 Å². The van der Waals surface area contributed by atoms with Gasteiger partial charge in [0.05, 0.1) is 12.3 Å². The fourth-order valence-electron chi connectivity index (χ4n) is 3.10. The molecule has 17 heavy (non-hydrogen) atoms. The topological polar surface area (TPSA) is 43.4 Å². The van der Waals surface area contributed by atoms with Crippen molar-refractivity contribution >= 4 is 11.8 Å². The van der Waals surface area contributed by atoms with Crippen LogP contribution in [0, 0.1) is 5.92 Å². The zero-order valence-electron chi connectivity index (χ0n) is 10.8. The Balaban J connectivity index is 2.27. The summed E-state index contributed by atoms with van der Waals surface area (Å²) >= 11 is 0. The van der Waals surface area contributed by atoms with Crippen LogP contribution in [0.2, 0.25) is 0 Å². The van der Waals surface area contributed by atoms with Crippen LogP contribution < -0.4 is 0 Å². The molecule has 2 aliphatic rings. The van der Waals surface area contributed by atoms with E-state index in [0.717, 1.165) is 36.8 Å². The summed E-state index contributed by atoms with van der Waals surface area (Å²) in [6.45, 7) is 5.94. The first kappa shape index (κ1) is 12.3. The van der Waals surface area contributed by atoms with Gasteiger partial charge in [0, 0.05) is 0 Å². The van der Waals surface area contributed by atoms with E-state index in [-0.39, 0.29) is 24.1 Å². The molecule has 0 bridgehead atoms. The van der Waals surface area contributed by atoms with E-state index in [1.807, 2.05) is 13.8 Å². The summed E-state index contributed by atoms with van der Waals surface area (Å²) in [7, 11) is 0. The predicted molar refractivity (Wildman–Crippen MR) is 64.5 cm³/mol. The zero-order chi connectivity index (χ0) is 12.6. The third-order valence-electron chi connectivity index (χ3n) is 4.26. The van der Waals surface area contributed by atoms with Crippen molar-refractivity contribution in [3.05, 3.63) is 11.1 Å². The molecule has 1 aliphatic heterocycles. The minimum atomic E-state index is -0.590. The van der Waals surface area contributed by atoms with Crippen LogP contribution in [0.3, 0.4) is 0 Å². The Bertz CT molecular complexity index is 394. The number of hydrogen-bond donors (Lipinski definition) is 0. The highest BCUT2D eigenvalue weighted by Gasteiger charge is 2.58. The first-order valence-corrected chi connectivity index (χ1v) is 6.47. The molecule has 0 aromatic rings. The highest BCUT2D eigenvalue weighted by atomic mass is 16.6. The number of rotatable bonds is 4. The lowest BCUT2D eigenvalue weighted by Gasteiger charge is -2.29. The van der Waals surface area contributed by atoms with E-state index in [4.69, 9.17) is 4.74 Å². The van der Waals surface area contributed by atoms with Crippen LogP contribution in [0.4, 0.5) is 0 Å². The summed E-state index contributed by atoms with van der Waals surface area (Å²) in [5, 5.41) is 0. The summed E-state index contributed by atoms with van der Waals surface area (Å²) < 4.78 is 5.55. The molecule has 1 heterocycles. The Morgan fingerprint density at radius 2 is 2.00 bits per heavy atom. The van der Waals surface area contributed by atoms with Gasteiger partial charge in [-0.25, -0.2) is 0 Å². The van der Waals surface area contributed by atoms with E-state index in [2.05, 4.69) is 6.92 Å². The highest BCUT2D eigenvalue weighted by Crippen LogP contribution is 2.49. The standard InChI is InChI=1S/C14H20O3/c1-4-5-6-7-14-10(3)9(2)13(16)11(14)8-12(15)17-14/h11H,4-8H2,1-3H3. The first-order chi connectivity index (χ1) is 8.03. The number of Topliss-reactive ketones (excluding diaryl/α,β-unsaturated/α-hetero) is 1. The molecule has 2 rings (SSSR count). The minimum Gasteiger partial charge on any atom is -0.454 e. The third-order valence-corrected chi connectivity index (χ3v) is 4.26. The Kier molecular flexibility index (Phi) is 3.11. The van der Waals surface area contributed by atoms with Gasteiger partial charge in [0.1, 0.15) is 5.60 Å². The molecule has 2 unspecified atom stereocenters. The number of carbonyl (C=O) groups excluding carboxylic acids is 2. The fourth-order valence-corrected chi connectivity index (χ4v) is 3.10. The van der Waals surface area contributed by atoms with E-state index in [9.17, 15) is 9.59 Å².